The second-order valence-electron chi connectivity index (χ2n) is 9.54. The standard InChI is InChI=1S/C31H31NO5/c1-5-21-9-13-23(14-10-21)28(33)26-27(25-8-6-7-20(4)17-25)32(30(35)29(26)34)18-22-11-15-24(16-12-22)31(36)37-19(2)3/h6-17,19,27,33H,5,18H2,1-4H3/b28-26+. The van der Waals surface area contributed by atoms with E-state index in [0.29, 0.717) is 11.1 Å². The van der Waals surface area contributed by atoms with Gasteiger partial charge in [-0.05, 0) is 56.0 Å². The Morgan fingerprint density at radius 3 is 2.16 bits per heavy atom. The Hall–Kier alpha value is -4.19. The number of aryl methyl sites for hydroxylation is 2. The molecule has 1 aliphatic rings. The zero-order valence-corrected chi connectivity index (χ0v) is 21.5. The van der Waals surface area contributed by atoms with E-state index in [1.165, 1.54) is 4.90 Å². The average molecular weight is 498 g/mol. The number of nitrogens with zero attached hydrogens (tertiary/aromatic N) is 1. The van der Waals surface area contributed by atoms with Crippen LogP contribution < -0.4 is 0 Å². The predicted molar refractivity (Wildman–Crippen MR) is 142 cm³/mol. The molecule has 0 bridgehead atoms. The van der Waals surface area contributed by atoms with Crippen LogP contribution in [0.4, 0.5) is 0 Å². The highest BCUT2D eigenvalue weighted by atomic mass is 16.5. The summed E-state index contributed by atoms with van der Waals surface area (Å²) in [6.07, 6.45) is 0.620. The Morgan fingerprint density at radius 1 is 0.946 bits per heavy atom. The highest BCUT2D eigenvalue weighted by Gasteiger charge is 2.46. The number of likely N-dealkylation sites (tertiary alicyclic amines) is 1. The van der Waals surface area contributed by atoms with E-state index in [2.05, 4.69) is 0 Å². The fourth-order valence-corrected chi connectivity index (χ4v) is 4.51. The molecule has 37 heavy (non-hydrogen) atoms. The zero-order valence-electron chi connectivity index (χ0n) is 21.5. The summed E-state index contributed by atoms with van der Waals surface area (Å²) in [7, 11) is 0. The van der Waals surface area contributed by atoms with Gasteiger partial charge in [0.25, 0.3) is 11.7 Å². The molecule has 0 spiro atoms. The first-order valence-corrected chi connectivity index (χ1v) is 12.4. The third-order valence-corrected chi connectivity index (χ3v) is 6.42. The summed E-state index contributed by atoms with van der Waals surface area (Å²) in [6, 6.07) is 20.9. The molecule has 1 heterocycles. The van der Waals surface area contributed by atoms with Gasteiger partial charge in [0.1, 0.15) is 5.76 Å². The first kappa shape index (κ1) is 25.9. The van der Waals surface area contributed by atoms with Crippen molar-refractivity contribution >= 4 is 23.4 Å². The number of aliphatic hydroxyl groups is 1. The van der Waals surface area contributed by atoms with Gasteiger partial charge in [-0.25, -0.2) is 4.79 Å². The molecule has 1 amide bonds. The maximum Gasteiger partial charge on any atom is 0.338 e. The molecule has 6 nitrogen and oxygen atoms in total. The van der Waals surface area contributed by atoms with Gasteiger partial charge in [0.2, 0.25) is 0 Å². The summed E-state index contributed by atoms with van der Waals surface area (Å²) >= 11 is 0. The van der Waals surface area contributed by atoms with Crippen molar-refractivity contribution in [3.63, 3.8) is 0 Å². The third-order valence-electron chi connectivity index (χ3n) is 6.42. The van der Waals surface area contributed by atoms with Gasteiger partial charge in [-0.2, -0.15) is 0 Å². The van der Waals surface area contributed by atoms with Crippen LogP contribution in [-0.4, -0.2) is 33.8 Å². The number of ether oxygens (including phenoxy) is 1. The van der Waals surface area contributed by atoms with Crippen molar-refractivity contribution in [1.82, 2.24) is 4.90 Å². The lowest BCUT2D eigenvalue weighted by molar-refractivity contribution is -0.140. The number of rotatable bonds is 7. The number of Topliss-reactive ketones (excluding diaryl/α,β-unsaturated/α-hetero) is 1. The summed E-state index contributed by atoms with van der Waals surface area (Å²) in [5.74, 6) is -2.01. The zero-order chi connectivity index (χ0) is 26.7. The molecule has 1 fully saturated rings. The molecule has 3 aromatic rings. The molecule has 0 saturated carbocycles. The number of carbonyl (C=O) groups excluding carboxylic acids is 3. The highest BCUT2D eigenvalue weighted by Crippen LogP contribution is 2.40. The van der Waals surface area contributed by atoms with Crippen LogP contribution in [0.2, 0.25) is 0 Å². The summed E-state index contributed by atoms with van der Waals surface area (Å²) in [6.45, 7) is 7.68. The van der Waals surface area contributed by atoms with Crippen LogP contribution in [0.25, 0.3) is 5.76 Å². The number of ketones is 1. The van der Waals surface area contributed by atoms with Crippen LogP contribution in [-0.2, 0) is 27.3 Å². The molecule has 0 aromatic heterocycles. The summed E-state index contributed by atoms with van der Waals surface area (Å²) in [5.41, 5.74) is 4.52. The fourth-order valence-electron chi connectivity index (χ4n) is 4.51. The van der Waals surface area contributed by atoms with Crippen molar-refractivity contribution in [2.75, 3.05) is 0 Å². The number of hydrogen-bond acceptors (Lipinski definition) is 5. The topological polar surface area (TPSA) is 83.9 Å². The molecule has 6 heteroatoms. The van der Waals surface area contributed by atoms with E-state index in [-0.39, 0.29) is 24.0 Å². The predicted octanol–water partition coefficient (Wildman–Crippen LogP) is 5.74. The SMILES string of the molecule is CCc1ccc(/C(O)=C2\C(=O)C(=O)N(Cc3ccc(C(=O)OC(C)C)cc3)C2c2cccc(C)c2)cc1. The number of aliphatic hydroxyl groups excluding tert-OH is 1. The molecule has 1 saturated heterocycles. The fraction of sp³-hybridized carbons (Fsp3) is 0.258. The van der Waals surface area contributed by atoms with Crippen LogP contribution in [0.5, 0.6) is 0 Å². The lowest BCUT2D eigenvalue weighted by atomic mass is 9.94. The molecule has 1 atom stereocenters. The molecule has 3 aromatic carbocycles. The van der Waals surface area contributed by atoms with Crippen LogP contribution in [0.15, 0.2) is 78.4 Å². The second-order valence-corrected chi connectivity index (χ2v) is 9.54. The number of carbonyl (C=O) groups is 3. The maximum absolute atomic E-state index is 13.3. The normalized spacial score (nSPS) is 16.9. The lowest BCUT2D eigenvalue weighted by Crippen LogP contribution is -2.29. The van der Waals surface area contributed by atoms with E-state index in [1.807, 2.05) is 50.2 Å². The number of hydrogen-bond donors (Lipinski definition) is 1. The quantitative estimate of drug-likeness (QED) is 0.195. The van der Waals surface area contributed by atoms with Gasteiger partial charge in [-0.1, -0.05) is 73.2 Å². The molecular formula is C31H31NO5. The molecule has 0 radical (unpaired) electrons. The van der Waals surface area contributed by atoms with Crippen molar-refractivity contribution in [2.45, 2.75) is 52.8 Å². The van der Waals surface area contributed by atoms with Gasteiger partial charge in [0.15, 0.2) is 0 Å². The summed E-state index contributed by atoms with van der Waals surface area (Å²) in [4.78, 5) is 40.2. The number of amides is 1. The Kier molecular flexibility index (Phi) is 7.58. The van der Waals surface area contributed by atoms with Crippen LogP contribution >= 0.6 is 0 Å². The van der Waals surface area contributed by atoms with Crippen molar-refractivity contribution in [3.05, 3.63) is 112 Å². The highest BCUT2D eigenvalue weighted by molar-refractivity contribution is 6.46. The summed E-state index contributed by atoms with van der Waals surface area (Å²) in [5, 5.41) is 11.3. The smallest absolute Gasteiger partial charge is 0.338 e. The molecule has 1 unspecified atom stereocenters. The van der Waals surface area contributed by atoms with Gasteiger partial charge in [-0.3, -0.25) is 9.59 Å². The molecule has 0 aliphatic carbocycles. The van der Waals surface area contributed by atoms with Crippen LogP contribution in [0.3, 0.4) is 0 Å². The maximum atomic E-state index is 13.3. The lowest BCUT2D eigenvalue weighted by Gasteiger charge is -2.26. The minimum atomic E-state index is -0.753. The third kappa shape index (κ3) is 5.48. The number of esters is 1. The number of benzene rings is 3. The van der Waals surface area contributed by atoms with E-state index in [0.717, 1.165) is 28.7 Å². The van der Waals surface area contributed by atoms with Gasteiger partial charge < -0.3 is 14.7 Å². The van der Waals surface area contributed by atoms with Crippen molar-refractivity contribution in [1.29, 1.82) is 0 Å². The van der Waals surface area contributed by atoms with E-state index in [1.54, 1.807) is 50.2 Å². The Morgan fingerprint density at radius 2 is 1.57 bits per heavy atom. The molecule has 190 valence electrons. The van der Waals surface area contributed by atoms with E-state index < -0.39 is 23.7 Å². The van der Waals surface area contributed by atoms with Crippen molar-refractivity contribution < 1.29 is 24.2 Å². The van der Waals surface area contributed by atoms with Gasteiger partial charge >= 0.3 is 5.97 Å². The van der Waals surface area contributed by atoms with Gasteiger partial charge in [0.05, 0.1) is 23.3 Å². The molecule has 4 rings (SSSR count). The van der Waals surface area contributed by atoms with E-state index in [9.17, 15) is 19.5 Å². The van der Waals surface area contributed by atoms with Gasteiger partial charge in [0, 0.05) is 12.1 Å². The minimum Gasteiger partial charge on any atom is -0.507 e. The average Bonchev–Trinajstić information content (AvgIpc) is 3.13. The Balaban J connectivity index is 1.74. The molecule has 1 N–H and O–H groups in total. The van der Waals surface area contributed by atoms with Crippen molar-refractivity contribution in [3.8, 4) is 0 Å². The Bertz CT molecular complexity index is 1350. The molecule has 1 aliphatic heterocycles. The van der Waals surface area contributed by atoms with Crippen LogP contribution in [0.1, 0.15) is 65.0 Å². The van der Waals surface area contributed by atoms with Gasteiger partial charge in [-0.15, -0.1) is 0 Å². The molecular weight excluding hydrogens is 466 g/mol. The monoisotopic (exact) mass is 497 g/mol. The Labute approximate surface area is 217 Å². The second kappa shape index (κ2) is 10.8. The van der Waals surface area contributed by atoms with E-state index >= 15 is 0 Å². The first-order chi connectivity index (χ1) is 17.7. The van der Waals surface area contributed by atoms with Crippen LogP contribution in [0, 0.1) is 6.92 Å². The van der Waals surface area contributed by atoms with E-state index in [4.69, 9.17) is 4.74 Å². The minimum absolute atomic E-state index is 0.0666. The van der Waals surface area contributed by atoms with Crippen molar-refractivity contribution in [2.24, 2.45) is 0 Å². The summed E-state index contributed by atoms with van der Waals surface area (Å²) < 4.78 is 5.24. The largest absolute Gasteiger partial charge is 0.507 e. The first-order valence-electron chi connectivity index (χ1n) is 12.4.